The van der Waals surface area contributed by atoms with Crippen LogP contribution in [0.4, 0.5) is 5.95 Å². The number of hydrogen-bond donors (Lipinski definition) is 2. The molecular formula is C25H23N5O2. The molecule has 3 N–H and O–H groups in total. The van der Waals surface area contributed by atoms with E-state index in [1.807, 2.05) is 62.4 Å². The molecule has 0 radical (unpaired) electrons. The number of fused-ring (bicyclic) bond motifs is 2. The molecule has 1 unspecified atom stereocenters. The number of benzene rings is 3. The number of nitrogens with zero attached hydrogens (tertiary/aromatic N) is 3. The molecule has 160 valence electrons. The van der Waals surface area contributed by atoms with Crippen LogP contribution in [0.2, 0.25) is 0 Å². The van der Waals surface area contributed by atoms with Gasteiger partial charge in [-0.25, -0.2) is 4.68 Å². The third-order valence-electron chi connectivity index (χ3n) is 5.66. The summed E-state index contributed by atoms with van der Waals surface area (Å²) in [6.07, 6.45) is 0. The zero-order chi connectivity index (χ0) is 22.2. The van der Waals surface area contributed by atoms with E-state index in [1.165, 1.54) is 0 Å². The van der Waals surface area contributed by atoms with Crippen LogP contribution in [0.3, 0.4) is 0 Å². The molecule has 2 heterocycles. The topological polar surface area (TPSA) is 95.1 Å². The van der Waals surface area contributed by atoms with Gasteiger partial charge in [-0.05, 0) is 30.7 Å². The number of ether oxygens (including phenoxy) is 1. The molecule has 0 saturated heterocycles. The van der Waals surface area contributed by atoms with E-state index in [9.17, 15) is 4.79 Å². The van der Waals surface area contributed by atoms with E-state index in [-0.39, 0.29) is 0 Å². The van der Waals surface area contributed by atoms with Gasteiger partial charge in [-0.15, -0.1) is 5.10 Å². The van der Waals surface area contributed by atoms with Crippen LogP contribution in [0, 0.1) is 0 Å². The van der Waals surface area contributed by atoms with E-state index < -0.39 is 11.9 Å². The molecule has 0 fully saturated rings. The van der Waals surface area contributed by atoms with Crippen LogP contribution in [-0.2, 0) is 4.79 Å². The number of hydrogen-bond acceptors (Lipinski definition) is 5. The lowest BCUT2D eigenvalue weighted by molar-refractivity contribution is -0.115. The Labute approximate surface area is 185 Å². The number of anilines is 1. The molecule has 7 heteroatoms. The minimum Gasteiger partial charge on any atom is -0.494 e. The van der Waals surface area contributed by atoms with Crippen molar-refractivity contribution in [1.29, 1.82) is 0 Å². The largest absolute Gasteiger partial charge is 0.494 e. The van der Waals surface area contributed by atoms with Gasteiger partial charge in [0.15, 0.2) is 5.82 Å². The average Bonchev–Trinajstić information content (AvgIpc) is 3.21. The number of primary amides is 1. The zero-order valence-corrected chi connectivity index (χ0v) is 17.9. The summed E-state index contributed by atoms with van der Waals surface area (Å²) in [5.74, 6) is 1.29. The number of amides is 1. The van der Waals surface area contributed by atoms with Crippen LogP contribution < -0.4 is 15.8 Å². The molecule has 0 bridgehead atoms. The van der Waals surface area contributed by atoms with Crippen molar-refractivity contribution in [3.63, 3.8) is 0 Å². The van der Waals surface area contributed by atoms with Crippen molar-refractivity contribution >= 4 is 22.6 Å². The predicted octanol–water partition coefficient (Wildman–Crippen LogP) is 4.27. The average molecular weight is 425 g/mol. The summed E-state index contributed by atoms with van der Waals surface area (Å²) in [7, 11) is 0. The molecule has 32 heavy (non-hydrogen) atoms. The summed E-state index contributed by atoms with van der Waals surface area (Å²) in [5, 5.41) is 10.2. The quantitative estimate of drug-likeness (QED) is 0.498. The third kappa shape index (κ3) is 3.19. The second kappa shape index (κ2) is 7.85. The summed E-state index contributed by atoms with van der Waals surface area (Å²) in [6, 6.07) is 21.3. The highest BCUT2D eigenvalue weighted by Gasteiger charge is 2.35. The molecule has 7 nitrogen and oxygen atoms in total. The summed E-state index contributed by atoms with van der Waals surface area (Å²) in [6.45, 7) is 4.25. The third-order valence-corrected chi connectivity index (χ3v) is 5.66. The normalized spacial score (nSPS) is 15.4. The van der Waals surface area contributed by atoms with Gasteiger partial charge in [-0.3, -0.25) is 4.79 Å². The van der Waals surface area contributed by atoms with Gasteiger partial charge in [-0.1, -0.05) is 60.7 Å². The Kier molecular flexibility index (Phi) is 4.86. The van der Waals surface area contributed by atoms with Crippen molar-refractivity contribution in [3.05, 3.63) is 83.6 Å². The number of para-hydroxylation sites is 1. The lowest BCUT2D eigenvalue weighted by atomic mass is 9.94. The lowest BCUT2D eigenvalue weighted by Crippen LogP contribution is -2.32. The number of carbonyl (C=O) groups excluding carboxylic acids is 1. The number of aromatic nitrogens is 3. The van der Waals surface area contributed by atoms with Gasteiger partial charge >= 0.3 is 0 Å². The maximum Gasteiger partial charge on any atom is 0.248 e. The number of nitrogens with one attached hydrogen (secondary N) is 1. The Balaban J connectivity index is 1.72. The number of carbonyl (C=O) groups is 1. The van der Waals surface area contributed by atoms with Gasteiger partial charge in [0, 0.05) is 16.8 Å². The van der Waals surface area contributed by atoms with Gasteiger partial charge in [0.2, 0.25) is 11.9 Å². The second-order valence-corrected chi connectivity index (χ2v) is 7.63. The standard InChI is InChI=1S/C25H23N5O2/c1-3-32-20-14-7-6-12-19(20)22-21(23(26)31)15(2)27-25-28-24(29-30(22)25)18-13-8-10-16-9-4-5-11-17(16)18/h4-14,22H,3H2,1-2H3,(H2,26,31)(H,27,28,29). The Morgan fingerprint density at radius 3 is 2.66 bits per heavy atom. The van der Waals surface area contributed by atoms with Gasteiger partial charge in [0.25, 0.3) is 0 Å². The van der Waals surface area contributed by atoms with Crippen molar-refractivity contribution in [1.82, 2.24) is 14.8 Å². The highest BCUT2D eigenvalue weighted by molar-refractivity contribution is 5.96. The molecule has 0 spiro atoms. The van der Waals surface area contributed by atoms with Crippen LogP contribution in [-0.4, -0.2) is 27.3 Å². The van der Waals surface area contributed by atoms with E-state index in [0.29, 0.717) is 35.4 Å². The van der Waals surface area contributed by atoms with Crippen molar-refractivity contribution in [2.24, 2.45) is 5.73 Å². The first-order valence-corrected chi connectivity index (χ1v) is 10.5. The molecule has 1 aromatic heterocycles. The van der Waals surface area contributed by atoms with Crippen LogP contribution in [0.25, 0.3) is 22.2 Å². The first-order chi connectivity index (χ1) is 15.6. The maximum absolute atomic E-state index is 12.5. The minimum atomic E-state index is -0.553. The zero-order valence-electron chi connectivity index (χ0n) is 17.9. The Morgan fingerprint density at radius 2 is 1.84 bits per heavy atom. The molecule has 1 amide bonds. The molecular weight excluding hydrogens is 402 g/mol. The molecule has 1 atom stereocenters. The molecule has 3 aromatic carbocycles. The first-order valence-electron chi connectivity index (χ1n) is 10.5. The molecule has 0 aliphatic carbocycles. The fourth-order valence-corrected chi connectivity index (χ4v) is 4.29. The second-order valence-electron chi connectivity index (χ2n) is 7.63. The minimum absolute atomic E-state index is 0.430. The van der Waals surface area contributed by atoms with E-state index >= 15 is 0 Å². The van der Waals surface area contributed by atoms with Gasteiger partial charge in [0.1, 0.15) is 11.8 Å². The summed E-state index contributed by atoms with van der Waals surface area (Å²) in [5.41, 5.74) is 8.62. The monoisotopic (exact) mass is 425 g/mol. The van der Waals surface area contributed by atoms with E-state index in [0.717, 1.165) is 21.9 Å². The predicted molar refractivity (Wildman–Crippen MR) is 124 cm³/mol. The van der Waals surface area contributed by atoms with Gasteiger partial charge < -0.3 is 15.8 Å². The van der Waals surface area contributed by atoms with Crippen LogP contribution >= 0.6 is 0 Å². The van der Waals surface area contributed by atoms with Gasteiger partial charge in [0.05, 0.1) is 12.2 Å². The van der Waals surface area contributed by atoms with E-state index in [2.05, 4.69) is 23.5 Å². The van der Waals surface area contributed by atoms with Crippen molar-refractivity contribution in [2.75, 3.05) is 11.9 Å². The van der Waals surface area contributed by atoms with Crippen molar-refractivity contribution in [3.8, 4) is 17.1 Å². The molecule has 4 aromatic rings. The smallest absolute Gasteiger partial charge is 0.248 e. The highest BCUT2D eigenvalue weighted by Crippen LogP contribution is 2.40. The highest BCUT2D eigenvalue weighted by atomic mass is 16.5. The summed E-state index contributed by atoms with van der Waals surface area (Å²) >= 11 is 0. The van der Waals surface area contributed by atoms with E-state index in [4.69, 9.17) is 20.6 Å². The SMILES string of the molecule is CCOc1ccccc1C1C(C(N)=O)=C(C)Nc2nc(-c3cccc4ccccc34)nn21. The first kappa shape index (κ1) is 19.8. The Morgan fingerprint density at radius 1 is 1.09 bits per heavy atom. The van der Waals surface area contributed by atoms with Crippen LogP contribution in [0.1, 0.15) is 25.5 Å². The van der Waals surface area contributed by atoms with Crippen LogP contribution in [0.15, 0.2) is 78.0 Å². The summed E-state index contributed by atoms with van der Waals surface area (Å²) < 4.78 is 7.59. The molecule has 1 aliphatic rings. The van der Waals surface area contributed by atoms with Gasteiger partial charge in [-0.2, -0.15) is 4.98 Å². The lowest BCUT2D eigenvalue weighted by Gasteiger charge is -2.28. The number of allylic oxidation sites excluding steroid dienone is 1. The maximum atomic E-state index is 12.5. The van der Waals surface area contributed by atoms with E-state index in [1.54, 1.807) is 4.68 Å². The summed E-state index contributed by atoms with van der Waals surface area (Å²) in [4.78, 5) is 17.3. The number of nitrogens with two attached hydrogens (primary N) is 1. The number of rotatable bonds is 5. The van der Waals surface area contributed by atoms with Crippen molar-refractivity contribution in [2.45, 2.75) is 19.9 Å². The Hall–Kier alpha value is -4.13. The Bertz CT molecular complexity index is 1370. The fraction of sp³-hybridized carbons (Fsp3) is 0.160. The fourth-order valence-electron chi connectivity index (χ4n) is 4.29. The molecule has 5 rings (SSSR count). The molecule has 0 saturated carbocycles. The molecule has 1 aliphatic heterocycles. The van der Waals surface area contributed by atoms with Crippen molar-refractivity contribution < 1.29 is 9.53 Å². The van der Waals surface area contributed by atoms with Crippen LogP contribution in [0.5, 0.6) is 5.75 Å².